The number of aryl methyl sites for hydroxylation is 1. The van der Waals surface area contributed by atoms with Gasteiger partial charge in [0.1, 0.15) is 5.76 Å². The Hall–Kier alpha value is -3.09. The van der Waals surface area contributed by atoms with Crippen LogP contribution in [0.5, 0.6) is 0 Å². The number of rotatable bonds is 7. The van der Waals surface area contributed by atoms with Crippen LogP contribution in [0.4, 0.5) is 11.4 Å². The maximum atomic E-state index is 11.8. The molecule has 0 aliphatic heterocycles. The first-order chi connectivity index (χ1) is 11.5. The first-order valence-electron chi connectivity index (χ1n) is 7.38. The van der Waals surface area contributed by atoms with E-state index in [2.05, 4.69) is 10.6 Å². The highest BCUT2D eigenvalue weighted by Crippen LogP contribution is 2.15. The van der Waals surface area contributed by atoms with Crippen LogP contribution in [-0.2, 0) is 25.5 Å². The molecule has 24 heavy (non-hydrogen) atoms. The van der Waals surface area contributed by atoms with Crippen molar-refractivity contribution in [1.82, 2.24) is 0 Å². The summed E-state index contributed by atoms with van der Waals surface area (Å²) >= 11 is 0. The molecular weight excluding hydrogens is 312 g/mol. The van der Waals surface area contributed by atoms with Gasteiger partial charge in [-0.1, -0.05) is 6.07 Å². The molecule has 1 aromatic carbocycles. The average molecular weight is 330 g/mol. The van der Waals surface area contributed by atoms with Crippen LogP contribution in [0.1, 0.15) is 19.1 Å². The second kappa shape index (κ2) is 8.52. The molecule has 0 radical (unpaired) electrons. The Morgan fingerprint density at radius 1 is 1.08 bits per heavy atom. The number of anilines is 2. The number of amides is 2. The topological polar surface area (TPSA) is 97.6 Å². The lowest BCUT2D eigenvalue weighted by Gasteiger charge is -2.08. The fraction of sp³-hybridized carbons (Fsp3) is 0.235. The molecule has 1 aromatic heterocycles. The molecule has 2 amide bonds. The number of nitrogens with one attached hydrogen (secondary N) is 2. The van der Waals surface area contributed by atoms with Crippen LogP contribution < -0.4 is 10.6 Å². The predicted octanol–water partition coefficient (Wildman–Crippen LogP) is 2.35. The molecule has 2 aromatic rings. The number of ether oxygens (including phenoxy) is 1. The maximum absolute atomic E-state index is 11.8. The van der Waals surface area contributed by atoms with E-state index in [0.29, 0.717) is 23.6 Å². The van der Waals surface area contributed by atoms with Crippen molar-refractivity contribution in [3.8, 4) is 0 Å². The van der Waals surface area contributed by atoms with Crippen molar-refractivity contribution >= 4 is 29.2 Å². The SMILES string of the molecule is CC(=O)Nc1cccc(NC(=O)COC(=O)CCc2ccco2)c1. The molecule has 7 heteroatoms. The molecule has 0 spiro atoms. The van der Waals surface area contributed by atoms with Gasteiger partial charge >= 0.3 is 5.97 Å². The summed E-state index contributed by atoms with van der Waals surface area (Å²) in [5, 5.41) is 5.21. The molecule has 7 nitrogen and oxygen atoms in total. The number of benzene rings is 1. The molecule has 0 saturated carbocycles. The van der Waals surface area contributed by atoms with E-state index in [4.69, 9.17) is 9.15 Å². The minimum absolute atomic E-state index is 0.138. The first kappa shape index (κ1) is 17.3. The molecule has 0 unspecified atom stereocenters. The van der Waals surface area contributed by atoms with Gasteiger partial charge in [-0.05, 0) is 30.3 Å². The summed E-state index contributed by atoms with van der Waals surface area (Å²) in [6, 6.07) is 10.2. The maximum Gasteiger partial charge on any atom is 0.306 e. The second-order valence-electron chi connectivity index (χ2n) is 5.05. The Morgan fingerprint density at radius 2 is 1.83 bits per heavy atom. The van der Waals surface area contributed by atoms with Crippen LogP contribution in [0, 0.1) is 0 Å². The molecule has 0 saturated heterocycles. The summed E-state index contributed by atoms with van der Waals surface area (Å²) in [6.07, 6.45) is 2.09. The van der Waals surface area contributed by atoms with Crippen LogP contribution in [0.15, 0.2) is 47.1 Å². The molecule has 0 fully saturated rings. The Morgan fingerprint density at radius 3 is 2.50 bits per heavy atom. The van der Waals surface area contributed by atoms with Crippen LogP contribution >= 0.6 is 0 Å². The van der Waals surface area contributed by atoms with Crippen LogP contribution in [0.3, 0.4) is 0 Å². The van der Waals surface area contributed by atoms with Crippen LogP contribution in [0.25, 0.3) is 0 Å². The molecule has 0 aliphatic rings. The number of carbonyl (C=O) groups excluding carboxylic acids is 3. The molecule has 0 bridgehead atoms. The van der Waals surface area contributed by atoms with Gasteiger partial charge in [-0.25, -0.2) is 0 Å². The molecule has 2 rings (SSSR count). The summed E-state index contributed by atoms with van der Waals surface area (Å²) in [5.74, 6) is -0.454. The molecule has 0 aliphatic carbocycles. The summed E-state index contributed by atoms with van der Waals surface area (Å²) in [6.45, 7) is 1.02. The van der Waals surface area contributed by atoms with Crippen molar-refractivity contribution in [1.29, 1.82) is 0 Å². The van der Waals surface area contributed by atoms with Crippen LogP contribution in [-0.4, -0.2) is 24.4 Å². The van der Waals surface area contributed by atoms with Gasteiger partial charge in [0.05, 0.1) is 12.7 Å². The van der Waals surface area contributed by atoms with Crippen molar-refractivity contribution in [3.05, 3.63) is 48.4 Å². The Bertz CT molecular complexity index is 710. The third-order valence-corrected chi connectivity index (χ3v) is 2.99. The van der Waals surface area contributed by atoms with E-state index in [1.165, 1.54) is 13.2 Å². The van der Waals surface area contributed by atoms with Gasteiger partial charge in [-0.2, -0.15) is 0 Å². The fourth-order valence-corrected chi connectivity index (χ4v) is 1.97. The zero-order valence-corrected chi connectivity index (χ0v) is 13.2. The first-order valence-corrected chi connectivity index (χ1v) is 7.38. The van der Waals surface area contributed by atoms with Gasteiger partial charge in [0.15, 0.2) is 6.61 Å². The van der Waals surface area contributed by atoms with Gasteiger partial charge in [0.2, 0.25) is 5.91 Å². The van der Waals surface area contributed by atoms with Gasteiger partial charge in [-0.15, -0.1) is 0 Å². The van der Waals surface area contributed by atoms with Crippen LogP contribution in [0.2, 0.25) is 0 Å². The number of hydrogen-bond donors (Lipinski definition) is 2. The van der Waals surface area contributed by atoms with Gasteiger partial charge in [0, 0.05) is 24.7 Å². The summed E-state index contributed by atoms with van der Waals surface area (Å²) in [5.41, 5.74) is 1.06. The summed E-state index contributed by atoms with van der Waals surface area (Å²) < 4.78 is 10.0. The molecular formula is C17H18N2O5. The molecule has 2 N–H and O–H groups in total. The molecule has 1 heterocycles. The number of furan rings is 1. The quantitative estimate of drug-likeness (QED) is 0.760. The Balaban J connectivity index is 1.74. The molecule has 126 valence electrons. The fourth-order valence-electron chi connectivity index (χ4n) is 1.97. The zero-order valence-electron chi connectivity index (χ0n) is 13.2. The van der Waals surface area contributed by atoms with Gasteiger partial charge in [-0.3, -0.25) is 14.4 Å². The largest absolute Gasteiger partial charge is 0.469 e. The normalized spacial score (nSPS) is 10.0. The van der Waals surface area contributed by atoms with Crippen molar-refractivity contribution in [3.63, 3.8) is 0 Å². The van der Waals surface area contributed by atoms with E-state index in [-0.39, 0.29) is 18.9 Å². The number of carbonyl (C=O) groups is 3. The third-order valence-electron chi connectivity index (χ3n) is 2.99. The molecule has 0 atom stereocenters. The highest BCUT2D eigenvalue weighted by Gasteiger charge is 2.09. The van der Waals surface area contributed by atoms with E-state index >= 15 is 0 Å². The average Bonchev–Trinajstić information content (AvgIpc) is 3.04. The van der Waals surface area contributed by atoms with E-state index in [9.17, 15) is 14.4 Å². The summed E-state index contributed by atoms with van der Waals surface area (Å²) in [4.78, 5) is 34.4. The highest BCUT2D eigenvalue weighted by atomic mass is 16.5. The van der Waals surface area contributed by atoms with Gasteiger partial charge in [0.25, 0.3) is 5.91 Å². The highest BCUT2D eigenvalue weighted by molar-refractivity contribution is 5.94. The van der Waals surface area contributed by atoms with Gasteiger partial charge < -0.3 is 19.8 Å². The lowest BCUT2D eigenvalue weighted by Crippen LogP contribution is -2.21. The third kappa shape index (κ3) is 5.96. The van der Waals surface area contributed by atoms with Crippen molar-refractivity contribution in [2.75, 3.05) is 17.2 Å². The minimum atomic E-state index is -0.478. The van der Waals surface area contributed by atoms with E-state index < -0.39 is 11.9 Å². The van der Waals surface area contributed by atoms with E-state index in [1.807, 2.05) is 0 Å². The zero-order chi connectivity index (χ0) is 17.4. The van der Waals surface area contributed by atoms with Crippen molar-refractivity contribution < 1.29 is 23.5 Å². The Kier molecular flexibility index (Phi) is 6.13. The summed E-state index contributed by atoms with van der Waals surface area (Å²) in [7, 11) is 0. The lowest BCUT2D eigenvalue weighted by atomic mass is 10.2. The minimum Gasteiger partial charge on any atom is -0.469 e. The lowest BCUT2D eigenvalue weighted by molar-refractivity contribution is -0.147. The smallest absolute Gasteiger partial charge is 0.306 e. The predicted molar refractivity (Wildman–Crippen MR) is 87.4 cm³/mol. The van der Waals surface area contributed by atoms with Crippen molar-refractivity contribution in [2.24, 2.45) is 0 Å². The second-order valence-corrected chi connectivity index (χ2v) is 5.05. The number of hydrogen-bond acceptors (Lipinski definition) is 5. The van der Waals surface area contributed by atoms with E-state index in [0.717, 1.165) is 0 Å². The van der Waals surface area contributed by atoms with E-state index in [1.54, 1.807) is 36.4 Å². The number of esters is 1. The monoisotopic (exact) mass is 330 g/mol. The van der Waals surface area contributed by atoms with Crippen molar-refractivity contribution in [2.45, 2.75) is 19.8 Å². The Labute approximate surface area is 139 Å². The standard InChI is InChI=1S/C17H18N2O5/c1-12(20)18-13-4-2-5-14(10-13)19-16(21)11-24-17(22)8-7-15-6-3-9-23-15/h2-6,9-10H,7-8,11H2,1H3,(H,18,20)(H,19,21).